The van der Waals surface area contributed by atoms with Crippen LogP contribution < -0.4 is 0 Å². The molecule has 0 unspecified atom stereocenters. The molecule has 2 heterocycles. The first-order chi connectivity index (χ1) is 12.7. The molecule has 0 bridgehead atoms. The number of hydrazone groups is 1. The Kier molecular flexibility index (Phi) is 7.89. The minimum absolute atomic E-state index is 0.105. The van der Waals surface area contributed by atoms with E-state index >= 15 is 0 Å². The lowest BCUT2D eigenvalue weighted by molar-refractivity contribution is -0.155. The fourth-order valence-corrected chi connectivity index (χ4v) is 4.51. The molecular weight excluding hydrogens is 360 g/mol. The zero-order valence-corrected chi connectivity index (χ0v) is 19.0. The molecule has 6 nitrogen and oxygen atoms in total. The second kappa shape index (κ2) is 9.52. The number of hydrogen-bond acceptors (Lipinski definition) is 6. The van der Waals surface area contributed by atoms with E-state index in [1.165, 1.54) is 0 Å². The van der Waals surface area contributed by atoms with Gasteiger partial charge in [-0.05, 0) is 43.8 Å². The number of ether oxygens (including phenoxy) is 2. The molecule has 0 saturated carbocycles. The van der Waals surface area contributed by atoms with E-state index in [2.05, 4.69) is 38.9 Å². The molecule has 0 aromatic carbocycles. The predicted octanol–water partition coefficient (Wildman–Crippen LogP) is 3.67. The van der Waals surface area contributed by atoms with Crippen LogP contribution in [0.15, 0.2) is 5.10 Å². The molecule has 0 N–H and O–H groups in total. The van der Waals surface area contributed by atoms with Gasteiger partial charge in [0.25, 0.3) is 0 Å². The minimum atomic E-state index is -1.80. The van der Waals surface area contributed by atoms with Gasteiger partial charge in [0, 0.05) is 32.4 Å². The molecule has 2 aliphatic heterocycles. The maximum Gasteiger partial charge on any atom is 0.309 e. The molecule has 0 amide bonds. The Morgan fingerprint density at radius 2 is 2.07 bits per heavy atom. The van der Waals surface area contributed by atoms with Crippen molar-refractivity contribution >= 4 is 20.5 Å². The maximum atomic E-state index is 12.4. The van der Waals surface area contributed by atoms with Gasteiger partial charge >= 0.3 is 5.97 Å². The minimum Gasteiger partial charge on any atom is -0.465 e. The Morgan fingerprint density at radius 1 is 1.33 bits per heavy atom. The van der Waals surface area contributed by atoms with Gasteiger partial charge in [-0.2, -0.15) is 5.10 Å². The Bertz CT molecular complexity index is 519. The van der Waals surface area contributed by atoms with Crippen molar-refractivity contribution in [1.29, 1.82) is 0 Å². The maximum absolute atomic E-state index is 12.4. The summed E-state index contributed by atoms with van der Waals surface area (Å²) in [5.41, 5.74) is 0. The summed E-state index contributed by atoms with van der Waals surface area (Å²) in [6.07, 6.45) is 5.77. The summed E-state index contributed by atoms with van der Waals surface area (Å²) >= 11 is 0. The second-order valence-corrected chi connectivity index (χ2v) is 14.1. The summed E-state index contributed by atoms with van der Waals surface area (Å²) in [6, 6.07) is 0.349. The number of nitrogens with zero attached hydrogens (tertiary/aromatic N) is 2. The lowest BCUT2D eigenvalue weighted by Gasteiger charge is -2.37. The summed E-state index contributed by atoms with van der Waals surface area (Å²) in [4.78, 5) is 12.4. The van der Waals surface area contributed by atoms with Crippen LogP contribution in [0.2, 0.25) is 18.1 Å². The number of esters is 1. The van der Waals surface area contributed by atoms with Crippen LogP contribution in [0.25, 0.3) is 0 Å². The third-order valence-corrected chi connectivity index (χ3v) is 10.9. The third kappa shape index (κ3) is 6.03. The first-order valence-electron chi connectivity index (χ1n) is 10.3. The highest BCUT2D eigenvalue weighted by Crippen LogP contribution is 2.37. The molecule has 7 heteroatoms. The highest BCUT2D eigenvalue weighted by atomic mass is 28.4. The first-order valence-corrected chi connectivity index (χ1v) is 13.2. The smallest absolute Gasteiger partial charge is 0.309 e. The topological polar surface area (TPSA) is 60.4 Å². The normalized spacial score (nSPS) is 27.4. The van der Waals surface area contributed by atoms with Crippen LogP contribution in [0.1, 0.15) is 46.5 Å². The largest absolute Gasteiger partial charge is 0.465 e. The molecule has 0 aromatic heterocycles. The Balaban J connectivity index is 1.94. The van der Waals surface area contributed by atoms with Crippen molar-refractivity contribution < 1.29 is 18.7 Å². The van der Waals surface area contributed by atoms with Crippen molar-refractivity contribution in [3.8, 4) is 0 Å². The van der Waals surface area contributed by atoms with Crippen molar-refractivity contribution in [2.75, 3.05) is 33.5 Å². The molecule has 0 aliphatic carbocycles. The Morgan fingerprint density at radius 3 is 2.74 bits per heavy atom. The van der Waals surface area contributed by atoms with Crippen molar-refractivity contribution in [1.82, 2.24) is 5.01 Å². The summed E-state index contributed by atoms with van der Waals surface area (Å²) in [7, 11) is -0.0674. The van der Waals surface area contributed by atoms with Crippen LogP contribution in [0.4, 0.5) is 0 Å². The van der Waals surface area contributed by atoms with Crippen molar-refractivity contribution in [2.24, 2.45) is 16.9 Å². The van der Waals surface area contributed by atoms with E-state index < -0.39 is 8.32 Å². The van der Waals surface area contributed by atoms with Crippen molar-refractivity contribution in [3.05, 3.63) is 0 Å². The zero-order chi connectivity index (χ0) is 20.1. The van der Waals surface area contributed by atoms with Crippen LogP contribution in [0.3, 0.4) is 0 Å². The predicted molar refractivity (Wildman–Crippen MR) is 110 cm³/mol. The van der Waals surface area contributed by atoms with Crippen LogP contribution in [-0.4, -0.2) is 65.0 Å². The van der Waals surface area contributed by atoms with E-state index in [0.717, 1.165) is 25.8 Å². The van der Waals surface area contributed by atoms with Gasteiger partial charge in [-0.25, -0.2) is 0 Å². The molecule has 0 radical (unpaired) electrons. The van der Waals surface area contributed by atoms with E-state index in [1.54, 1.807) is 7.11 Å². The summed E-state index contributed by atoms with van der Waals surface area (Å²) in [5, 5.41) is 7.01. The standard InChI is InChI=1S/C20H38N2O4Si/c1-20(2,3)27(5,6)26-13-10-18-16(9-12-25-19(18)23)14-21-22-11-7-8-17(22)15-24-4/h14,16-18H,7-13,15H2,1-6H3/b21-14+/t16-,17-,18-/m0/s1. The van der Waals surface area contributed by atoms with Crippen molar-refractivity contribution in [2.45, 2.75) is 70.6 Å². The van der Waals surface area contributed by atoms with Gasteiger partial charge in [0.05, 0.1) is 25.2 Å². The number of cyclic esters (lactones) is 1. The molecule has 2 aliphatic rings. The highest BCUT2D eigenvalue weighted by Gasteiger charge is 2.38. The van der Waals surface area contributed by atoms with Gasteiger partial charge in [0.1, 0.15) is 0 Å². The van der Waals surface area contributed by atoms with E-state index in [1.807, 2.05) is 6.21 Å². The lowest BCUT2D eigenvalue weighted by Crippen LogP contribution is -2.42. The van der Waals surface area contributed by atoms with Crippen LogP contribution in [-0.2, 0) is 18.7 Å². The molecule has 156 valence electrons. The molecule has 0 spiro atoms. The molecule has 2 fully saturated rings. The molecule has 0 aromatic rings. The summed E-state index contributed by atoms with van der Waals surface area (Å²) in [6.45, 7) is 13.9. The highest BCUT2D eigenvalue weighted by molar-refractivity contribution is 6.74. The van der Waals surface area contributed by atoms with Crippen LogP contribution in [0, 0.1) is 11.8 Å². The van der Waals surface area contributed by atoms with E-state index in [-0.39, 0.29) is 22.8 Å². The Hall–Kier alpha value is -0.923. The first kappa shape index (κ1) is 22.4. The van der Waals surface area contributed by atoms with Gasteiger partial charge in [-0.15, -0.1) is 0 Å². The average molecular weight is 399 g/mol. The lowest BCUT2D eigenvalue weighted by atomic mass is 9.86. The fraction of sp³-hybridized carbons (Fsp3) is 0.900. The van der Waals surface area contributed by atoms with Gasteiger partial charge < -0.3 is 13.9 Å². The van der Waals surface area contributed by atoms with E-state index in [4.69, 9.17) is 19.0 Å². The number of methoxy groups -OCH3 is 1. The van der Waals surface area contributed by atoms with Gasteiger partial charge in [0.2, 0.25) is 0 Å². The van der Waals surface area contributed by atoms with Gasteiger partial charge in [-0.1, -0.05) is 20.8 Å². The van der Waals surface area contributed by atoms with E-state index in [9.17, 15) is 4.79 Å². The molecular formula is C20H38N2O4Si. The average Bonchev–Trinajstić information content (AvgIpc) is 3.01. The number of rotatable bonds is 8. The Labute approximate surface area is 165 Å². The zero-order valence-electron chi connectivity index (χ0n) is 18.0. The number of carbonyl (C=O) groups excluding carboxylic acids is 1. The van der Waals surface area contributed by atoms with Crippen LogP contribution >= 0.6 is 0 Å². The monoisotopic (exact) mass is 398 g/mol. The van der Waals surface area contributed by atoms with Gasteiger partial charge in [0.15, 0.2) is 8.32 Å². The SMILES string of the molecule is COC[C@@H]1CCCN1/N=C/[C@@H]1CCOC(=O)[C@H]1CCO[Si](C)(C)C(C)(C)C. The summed E-state index contributed by atoms with van der Waals surface area (Å²) in [5.74, 6) is -0.139. The van der Waals surface area contributed by atoms with Crippen LogP contribution in [0.5, 0.6) is 0 Å². The molecule has 2 saturated heterocycles. The number of hydrogen-bond donors (Lipinski definition) is 0. The number of carbonyl (C=O) groups is 1. The van der Waals surface area contributed by atoms with Crippen molar-refractivity contribution in [3.63, 3.8) is 0 Å². The fourth-order valence-electron chi connectivity index (χ4n) is 3.45. The van der Waals surface area contributed by atoms with Gasteiger partial charge in [-0.3, -0.25) is 9.80 Å². The third-order valence-electron chi connectivity index (χ3n) is 6.32. The quantitative estimate of drug-likeness (QED) is 0.355. The molecule has 2 rings (SSSR count). The van der Waals surface area contributed by atoms with E-state index in [0.29, 0.717) is 32.3 Å². The molecule has 27 heavy (non-hydrogen) atoms. The summed E-state index contributed by atoms with van der Waals surface area (Å²) < 4.78 is 16.9. The molecule has 3 atom stereocenters. The second-order valence-electron chi connectivity index (χ2n) is 9.30.